The van der Waals surface area contributed by atoms with Crippen molar-refractivity contribution in [3.8, 4) is 22.8 Å². The zero-order chi connectivity index (χ0) is 27.6. The summed E-state index contributed by atoms with van der Waals surface area (Å²) >= 11 is 0. The molecule has 0 saturated carbocycles. The Morgan fingerprint density at radius 3 is 2.59 bits per heavy atom. The van der Waals surface area contributed by atoms with Crippen LogP contribution >= 0.6 is 0 Å². The van der Waals surface area contributed by atoms with Crippen molar-refractivity contribution in [2.75, 3.05) is 18.1 Å². The molecule has 0 aliphatic carbocycles. The van der Waals surface area contributed by atoms with Crippen molar-refractivity contribution >= 4 is 17.6 Å². The van der Waals surface area contributed by atoms with Gasteiger partial charge in [0.2, 0.25) is 0 Å². The first-order chi connectivity index (χ1) is 18.5. The third-order valence-corrected chi connectivity index (χ3v) is 6.64. The predicted octanol–water partition coefficient (Wildman–Crippen LogP) is 5.02. The number of alkyl halides is 2. The molecule has 0 fully saturated rings. The molecular weight excluding hydrogens is 517 g/mol. The van der Waals surface area contributed by atoms with E-state index in [2.05, 4.69) is 15.3 Å². The molecule has 10 nitrogen and oxygen atoms in total. The van der Waals surface area contributed by atoms with Gasteiger partial charge in [-0.25, -0.2) is 18.0 Å². The Bertz CT molecular complexity index is 1610. The van der Waals surface area contributed by atoms with Crippen LogP contribution in [0.4, 0.5) is 23.8 Å². The number of anilines is 1. The van der Waals surface area contributed by atoms with Gasteiger partial charge in [-0.3, -0.25) is 14.0 Å². The molecule has 1 aromatic carbocycles. The zero-order valence-corrected chi connectivity index (χ0v) is 21.6. The van der Waals surface area contributed by atoms with E-state index in [4.69, 9.17) is 14.2 Å². The first-order valence-corrected chi connectivity index (χ1v) is 12.3. The SMILES string of the molecule is Cn1nc(C(F)F)cc1-c1cc2c(n3cnnc13)N(C(=O)OC(C)(C)C)Cc1c(F)ccc3c1[C@H](CO3)CO2. The average Bonchev–Trinajstić information content (AvgIpc) is 3.59. The van der Waals surface area contributed by atoms with Gasteiger partial charge in [0.05, 0.1) is 31.4 Å². The Morgan fingerprint density at radius 2 is 1.90 bits per heavy atom. The maximum absolute atomic E-state index is 15.3. The number of carbonyl (C=O) groups is 1. The number of hydrogen-bond donors (Lipinski definition) is 0. The minimum absolute atomic E-state index is 0.110. The third kappa shape index (κ3) is 4.21. The average molecular weight is 543 g/mol. The van der Waals surface area contributed by atoms with Crippen LogP contribution in [0, 0.1) is 5.82 Å². The van der Waals surface area contributed by atoms with Crippen molar-refractivity contribution < 1.29 is 32.2 Å². The van der Waals surface area contributed by atoms with Crippen LogP contribution in [0.2, 0.25) is 0 Å². The fourth-order valence-electron chi connectivity index (χ4n) is 5.01. The van der Waals surface area contributed by atoms with Crippen LogP contribution in [0.5, 0.6) is 11.5 Å². The number of aromatic nitrogens is 5. The van der Waals surface area contributed by atoms with Crippen molar-refractivity contribution in [2.24, 2.45) is 7.05 Å². The van der Waals surface area contributed by atoms with Crippen molar-refractivity contribution in [1.29, 1.82) is 0 Å². The first-order valence-electron chi connectivity index (χ1n) is 12.3. The second kappa shape index (κ2) is 8.89. The van der Waals surface area contributed by atoms with Gasteiger partial charge >= 0.3 is 6.09 Å². The number of halogens is 3. The Kier molecular flexibility index (Phi) is 5.70. The van der Waals surface area contributed by atoms with Crippen LogP contribution in [-0.4, -0.2) is 49.3 Å². The molecule has 0 N–H and O–H groups in total. The molecule has 0 radical (unpaired) electrons. The molecule has 204 valence electrons. The maximum atomic E-state index is 15.3. The molecule has 5 heterocycles. The highest BCUT2D eigenvalue weighted by atomic mass is 19.3. The minimum atomic E-state index is -2.77. The smallest absolute Gasteiger partial charge is 0.416 e. The van der Waals surface area contributed by atoms with Crippen LogP contribution in [0.25, 0.3) is 16.9 Å². The number of hydrogen-bond acceptors (Lipinski definition) is 7. The van der Waals surface area contributed by atoms with Gasteiger partial charge in [-0.05, 0) is 45.0 Å². The molecule has 3 aromatic heterocycles. The summed E-state index contributed by atoms with van der Waals surface area (Å²) in [4.78, 5) is 14.9. The summed E-state index contributed by atoms with van der Waals surface area (Å²) in [6.45, 7) is 5.37. The lowest BCUT2D eigenvalue weighted by atomic mass is 9.95. The minimum Gasteiger partial charge on any atom is -0.493 e. The zero-order valence-electron chi connectivity index (χ0n) is 21.6. The van der Waals surface area contributed by atoms with Crippen molar-refractivity contribution in [1.82, 2.24) is 24.4 Å². The Labute approximate surface area is 220 Å². The van der Waals surface area contributed by atoms with Crippen LogP contribution < -0.4 is 14.4 Å². The number of rotatable bonds is 2. The maximum Gasteiger partial charge on any atom is 0.416 e. The number of fused-ring (bicyclic) bond motifs is 3. The van der Waals surface area contributed by atoms with Crippen LogP contribution in [0.15, 0.2) is 30.6 Å². The monoisotopic (exact) mass is 542 g/mol. The molecule has 0 unspecified atom stereocenters. The van der Waals surface area contributed by atoms with Gasteiger partial charge < -0.3 is 14.2 Å². The van der Waals surface area contributed by atoms with Gasteiger partial charge in [0.15, 0.2) is 17.2 Å². The van der Waals surface area contributed by atoms with Gasteiger partial charge in [-0.15, -0.1) is 10.2 Å². The number of ether oxygens (including phenoxy) is 3. The lowest BCUT2D eigenvalue weighted by molar-refractivity contribution is 0.0574. The summed E-state index contributed by atoms with van der Waals surface area (Å²) in [5.74, 6) is 0.165. The number of benzene rings is 1. The van der Waals surface area contributed by atoms with E-state index in [1.54, 1.807) is 40.0 Å². The lowest BCUT2D eigenvalue weighted by Crippen LogP contribution is -2.38. The van der Waals surface area contributed by atoms with Gasteiger partial charge in [0.1, 0.15) is 29.2 Å². The van der Waals surface area contributed by atoms with E-state index in [9.17, 15) is 13.6 Å². The Morgan fingerprint density at radius 1 is 1.15 bits per heavy atom. The molecule has 0 saturated heterocycles. The quantitative estimate of drug-likeness (QED) is 0.351. The molecule has 1 atom stereocenters. The molecule has 0 bridgehead atoms. The molecular formula is C26H25F3N6O4. The molecule has 2 aliphatic heterocycles. The highest BCUT2D eigenvalue weighted by Gasteiger charge is 2.37. The molecule has 0 spiro atoms. The van der Waals surface area contributed by atoms with Gasteiger partial charge in [0.25, 0.3) is 6.43 Å². The van der Waals surface area contributed by atoms with Gasteiger partial charge in [-0.2, -0.15) is 5.10 Å². The second-order valence-electron chi connectivity index (χ2n) is 10.5. The normalized spacial score (nSPS) is 16.7. The molecule has 4 aromatic rings. The van der Waals surface area contributed by atoms with Crippen molar-refractivity contribution in [3.63, 3.8) is 0 Å². The third-order valence-electron chi connectivity index (χ3n) is 6.64. The van der Waals surface area contributed by atoms with Crippen LogP contribution in [0.3, 0.4) is 0 Å². The van der Waals surface area contributed by atoms with E-state index in [1.165, 1.54) is 32.4 Å². The van der Waals surface area contributed by atoms with Gasteiger partial charge in [-0.1, -0.05) is 0 Å². The van der Waals surface area contributed by atoms with E-state index in [-0.39, 0.29) is 48.5 Å². The summed E-state index contributed by atoms with van der Waals surface area (Å²) in [6.07, 6.45) is -2.14. The summed E-state index contributed by atoms with van der Waals surface area (Å²) in [6, 6.07) is 5.75. The van der Waals surface area contributed by atoms with Crippen LogP contribution in [-0.2, 0) is 18.3 Å². The first kappa shape index (κ1) is 25.0. The number of aryl methyl sites for hydroxylation is 1. The number of amides is 1. The molecule has 2 aliphatic rings. The predicted molar refractivity (Wildman–Crippen MR) is 133 cm³/mol. The van der Waals surface area contributed by atoms with Crippen molar-refractivity contribution in [3.05, 3.63) is 53.2 Å². The molecule has 1 amide bonds. The summed E-state index contributed by atoms with van der Waals surface area (Å²) in [5.41, 5.74) is 0.678. The summed E-state index contributed by atoms with van der Waals surface area (Å²) in [7, 11) is 1.54. The van der Waals surface area contributed by atoms with E-state index < -0.39 is 29.6 Å². The van der Waals surface area contributed by atoms with E-state index in [0.29, 0.717) is 22.6 Å². The van der Waals surface area contributed by atoms with E-state index in [1.807, 2.05) is 0 Å². The molecule has 6 rings (SSSR count). The Balaban J connectivity index is 1.59. The second-order valence-corrected chi connectivity index (χ2v) is 10.5. The molecule has 13 heteroatoms. The van der Waals surface area contributed by atoms with E-state index in [0.717, 1.165) is 0 Å². The summed E-state index contributed by atoms with van der Waals surface area (Å²) < 4.78 is 62.8. The summed E-state index contributed by atoms with van der Waals surface area (Å²) in [5, 5.41) is 12.1. The fraction of sp³-hybridized carbons (Fsp3) is 0.385. The van der Waals surface area contributed by atoms with Crippen LogP contribution in [0.1, 0.15) is 49.9 Å². The van der Waals surface area contributed by atoms with Gasteiger partial charge in [0, 0.05) is 23.7 Å². The number of carbonyl (C=O) groups excluding carboxylic acids is 1. The topological polar surface area (TPSA) is 96.0 Å². The highest BCUT2D eigenvalue weighted by Crippen LogP contribution is 2.44. The largest absolute Gasteiger partial charge is 0.493 e. The Hall–Kier alpha value is -4.29. The highest BCUT2D eigenvalue weighted by molar-refractivity contribution is 5.91. The molecule has 39 heavy (non-hydrogen) atoms. The fourth-order valence-corrected chi connectivity index (χ4v) is 5.01. The standard InChI is InChI=1S/C26H25F3N6O4/c1-26(2,3)39-25(36)34-9-15-16(27)5-6-19-21(15)13(10-37-19)11-38-20-7-14(23-31-30-12-35(23)24(20)34)18-8-17(22(28)29)32-33(18)4/h5-8,12-13,22H,9-11H2,1-4H3/t13-/m1/s1. The lowest BCUT2D eigenvalue weighted by Gasteiger charge is -2.29. The van der Waals surface area contributed by atoms with Crippen molar-refractivity contribution in [2.45, 2.75) is 45.3 Å². The number of pyridine rings is 1. The van der Waals surface area contributed by atoms with E-state index >= 15 is 4.39 Å². The number of nitrogens with zero attached hydrogens (tertiary/aromatic N) is 6.